The Morgan fingerprint density at radius 2 is 1.77 bits per heavy atom. The molecule has 2 aromatic heterocycles. The second kappa shape index (κ2) is 11.5. The molecule has 3 heterocycles. The van der Waals surface area contributed by atoms with E-state index in [1.54, 1.807) is 28.8 Å². The van der Waals surface area contributed by atoms with Gasteiger partial charge in [0.1, 0.15) is 5.01 Å². The summed E-state index contributed by atoms with van der Waals surface area (Å²) >= 11 is 14.1. The molecule has 1 aliphatic heterocycles. The van der Waals surface area contributed by atoms with Crippen molar-refractivity contribution in [1.29, 1.82) is 0 Å². The first kappa shape index (κ1) is 27.3. The van der Waals surface area contributed by atoms with Crippen LogP contribution in [0, 0.1) is 6.92 Å². The number of aromatic nitrogens is 2. The van der Waals surface area contributed by atoms with E-state index >= 15 is 0 Å². The molecule has 0 spiro atoms. The van der Waals surface area contributed by atoms with Crippen LogP contribution >= 0.6 is 34.5 Å². The highest BCUT2D eigenvalue weighted by molar-refractivity contribution is 7.13. The fourth-order valence-electron chi connectivity index (χ4n) is 4.59. The lowest BCUT2D eigenvalue weighted by Gasteiger charge is -2.29. The molecular weight excluding hydrogens is 551 g/mol. The lowest BCUT2D eigenvalue weighted by atomic mass is 10.0. The number of halogens is 2. The van der Waals surface area contributed by atoms with Gasteiger partial charge in [-0.15, -0.1) is 11.3 Å². The van der Waals surface area contributed by atoms with Gasteiger partial charge in [-0.25, -0.2) is 4.98 Å². The average Bonchev–Trinajstić information content (AvgIpc) is 3.41. The zero-order chi connectivity index (χ0) is 27.7. The molecule has 1 amide bonds. The minimum atomic E-state index is -0.288. The molecule has 1 saturated heterocycles. The number of benzene rings is 2. The van der Waals surface area contributed by atoms with Crippen molar-refractivity contribution >= 4 is 46.5 Å². The summed E-state index contributed by atoms with van der Waals surface area (Å²) in [6, 6.07) is 14.6. The van der Waals surface area contributed by atoms with E-state index in [4.69, 9.17) is 28.2 Å². The van der Waals surface area contributed by atoms with E-state index in [1.807, 2.05) is 61.4 Å². The van der Waals surface area contributed by atoms with Gasteiger partial charge in [0.15, 0.2) is 0 Å². The number of hydrogen-bond donors (Lipinski definition) is 1. The third-order valence-electron chi connectivity index (χ3n) is 6.52. The number of hydrogen-bond acceptors (Lipinski definition) is 5. The Balaban J connectivity index is 1.78. The number of piperazine rings is 1. The summed E-state index contributed by atoms with van der Waals surface area (Å²) in [5.41, 5.74) is 5.06. The van der Waals surface area contributed by atoms with Gasteiger partial charge in [-0.1, -0.05) is 47.0 Å². The van der Waals surface area contributed by atoms with Crippen LogP contribution in [0.4, 0.5) is 0 Å². The summed E-state index contributed by atoms with van der Waals surface area (Å²) in [6.07, 6.45) is 1.88. The van der Waals surface area contributed by atoms with Gasteiger partial charge in [-0.3, -0.25) is 14.2 Å². The maximum atomic E-state index is 14.3. The smallest absolute Gasteiger partial charge is 0.265 e. The highest BCUT2D eigenvalue weighted by atomic mass is 35.5. The molecule has 0 bridgehead atoms. The first-order chi connectivity index (χ1) is 18.7. The number of nitrogens with zero attached hydrogens (tertiary/aromatic N) is 3. The topological polar surface area (TPSA) is 67.2 Å². The standard InChI is InChI=1S/C30H28Cl2N4O2S/c1-18(2)14-26-22(29(37)35-12-10-33-11-13-35)16-23(30(38)36(26)27-15-19(3)4-9-24(27)32)28-34-25(17-39-28)20-5-7-21(31)8-6-20/h4-9,14-17,33H,10-13H2,1-3H3. The Bertz CT molecular complexity index is 1630. The van der Waals surface area contributed by atoms with Crippen molar-refractivity contribution in [1.82, 2.24) is 19.8 Å². The molecule has 0 atom stereocenters. The third-order valence-corrected chi connectivity index (χ3v) is 7.96. The molecule has 1 aliphatic rings. The lowest BCUT2D eigenvalue weighted by Crippen LogP contribution is -2.47. The molecule has 1 N–H and O–H groups in total. The van der Waals surface area contributed by atoms with Crippen molar-refractivity contribution < 1.29 is 4.79 Å². The van der Waals surface area contributed by atoms with E-state index in [-0.39, 0.29) is 11.5 Å². The predicted molar refractivity (Wildman–Crippen MR) is 161 cm³/mol. The summed E-state index contributed by atoms with van der Waals surface area (Å²) in [4.78, 5) is 34.9. The summed E-state index contributed by atoms with van der Waals surface area (Å²) < 4.78 is 1.57. The molecule has 0 aliphatic carbocycles. The number of aryl methyl sites for hydroxylation is 1. The van der Waals surface area contributed by atoms with E-state index in [2.05, 4.69) is 5.32 Å². The van der Waals surface area contributed by atoms with Crippen molar-refractivity contribution in [2.75, 3.05) is 26.2 Å². The minimum absolute atomic E-state index is 0.128. The number of rotatable bonds is 5. The van der Waals surface area contributed by atoms with Gasteiger partial charge in [0.2, 0.25) is 0 Å². The lowest BCUT2D eigenvalue weighted by molar-refractivity contribution is 0.0735. The molecule has 4 aromatic rings. The van der Waals surface area contributed by atoms with Crippen LogP contribution in [0.5, 0.6) is 0 Å². The maximum Gasteiger partial charge on any atom is 0.265 e. The summed E-state index contributed by atoms with van der Waals surface area (Å²) in [5.74, 6) is -0.128. The molecule has 0 saturated carbocycles. The van der Waals surface area contributed by atoms with Gasteiger partial charge in [0, 0.05) is 42.1 Å². The summed E-state index contributed by atoms with van der Waals surface area (Å²) in [6.45, 7) is 8.45. The molecule has 0 unspecified atom stereocenters. The minimum Gasteiger partial charge on any atom is -0.336 e. The second-order valence-electron chi connectivity index (χ2n) is 9.76. The van der Waals surface area contributed by atoms with Crippen LogP contribution in [-0.2, 0) is 0 Å². The molecule has 39 heavy (non-hydrogen) atoms. The number of carbonyl (C=O) groups excluding carboxylic acids is 1. The largest absolute Gasteiger partial charge is 0.336 e. The molecule has 5 rings (SSSR count). The van der Waals surface area contributed by atoms with Crippen molar-refractivity contribution in [3.8, 4) is 27.5 Å². The van der Waals surface area contributed by atoms with E-state index in [1.165, 1.54) is 11.3 Å². The number of carbonyl (C=O) groups is 1. The zero-order valence-electron chi connectivity index (χ0n) is 21.9. The van der Waals surface area contributed by atoms with Crippen LogP contribution in [0.15, 0.2) is 64.3 Å². The predicted octanol–water partition coefficient (Wildman–Crippen LogP) is 6.71. The SMILES string of the molecule is CC(C)=Cc1c(C(=O)N2CCNCC2)cc(-c2nc(-c3ccc(Cl)cc3)cs2)c(=O)n1-c1cc(C)ccc1Cl. The normalized spacial score (nSPS) is 13.4. The van der Waals surface area contributed by atoms with Crippen LogP contribution < -0.4 is 10.9 Å². The maximum absolute atomic E-state index is 14.3. The van der Waals surface area contributed by atoms with Crippen LogP contribution in [0.1, 0.15) is 35.5 Å². The molecule has 2 aromatic carbocycles. The highest BCUT2D eigenvalue weighted by Gasteiger charge is 2.26. The Labute approximate surface area is 241 Å². The first-order valence-corrected chi connectivity index (χ1v) is 14.3. The number of thiazole rings is 1. The molecule has 6 nitrogen and oxygen atoms in total. The Kier molecular flexibility index (Phi) is 8.05. The van der Waals surface area contributed by atoms with Gasteiger partial charge in [0.25, 0.3) is 11.5 Å². The van der Waals surface area contributed by atoms with Gasteiger partial charge >= 0.3 is 0 Å². The van der Waals surface area contributed by atoms with E-state index in [0.717, 1.165) is 35.5 Å². The Morgan fingerprint density at radius 1 is 1.05 bits per heavy atom. The Morgan fingerprint density at radius 3 is 2.46 bits per heavy atom. The molecule has 0 radical (unpaired) electrons. The van der Waals surface area contributed by atoms with Gasteiger partial charge in [-0.05, 0) is 62.7 Å². The molecule has 200 valence electrons. The highest BCUT2D eigenvalue weighted by Crippen LogP contribution is 2.32. The average molecular weight is 580 g/mol. The van der Waals surface area contributed by atoms with Crippen molar-refractivity contribution in [3.05, 3.63) is 96.7 Å². The number of nitrogens with one attached hydrogen (secondary N) is 1. The quantitative estimate of drug-likeness (QED) is 0.285. The van der Waals surface area contributed by atoms with E-state index in [9.17, 15) is 9.59 Å². The fourth-order valence-corrected chi connectivity index (χ4v) is 5.76. The first-order valence-electron chi connectivity index (χ1n) is 12.7. The van der Waals surface area contributed by atoms with E-state index in [0.29, 0.717) is 50.7 Å². The van der Waals surface area contributed by atoms with Crippen molar-refractivity contribution in [2.45, 2.75) is 20.8 Å². The molecule has 9 heteroatoms. The number of pyridine rings is 1. The van der Waals surface area contributed by atoms with Gasteiger partial charge in [0.05, 0.1) is 33.2 Å². The Hall–Kier alpha value is -3.23. The summed E-state index contributed by atoms with van der Waals surface area (Å²) in [5, 5.41) is 6.78. The summed E-state index contributed by atoms with van der Waals surface area (Å²) in [7, 11) is 0. The zero-order valence-corrected chi connectivity index (χ0v) is 24.3. The fraction of sp³-hybridized carbons (Fsp3) is 0.233. The van der Waals surface area contributed by atoms with Crippen LogP contribution in [-0.4, -0.2) is 46.5 Å². The third kappa shape index (κ3) is 5.72. The van der Waals surface area contributed by atoms with Gasteiger partial charge in [-0.2, -0.15) is 0 Å². The number of amides is 1. The monoisotopic (exact) mass is 578 g/mol. The van der Waals surface area contributed by atoms with Crippen molar-refractivity contribution in [3.63, 3.8) is 0 Å². The van der Waals surface area contributed by atoms with Crippen LogP contribution in [0.3, 0.4) is 0 Å². The molecular formula is C30H28Cl2N4O2S. The van der Waals surface area contributed by atoms with E-state index < -0.39 is 0 Å². The van der Waals surface area contributed by atoms with Crippen LogP contribution in [0.25, 0.3) is 33.6 Å². The van der Waals surface area contributed by atoms with Crippen molar-refractivity contribution in [2.24, 2.45) is 0 Å². The van der Waals surface area contributed by atoms with Crippen LogP contribution in [0.2, 0.25) is 10.0 Å². The molecule has 1 fully saturated rings. The second-order valence-corrected chi connectivity index (χ2v) is 11.5. The number of allylic oxidation sites excluding steroid dienone is 1. The van der Waals surface area contributed by atoms with Gasteiger partial charge < -0.3 is 10.2 Å².